The zero-order chi connectivity index (χ0) is 32.6. The van der Waals surface area contributed by atoms with Gasteiger partial charge in [-0.15, -0.1) is 0 Å². The minimum Gasteiger partial charge on any atom is -0.341 e. The topological polar surface area (TPSA) is 134 Å². The lowest BCUT2D eigenvalue weighted by atomic mass is 10.0. The Labute approximate surface area is 263 Å². The first-order valence-corrected chi connectivity index (χ1v) is 17.3. The molecule has 2 amide bonds. The number of hydrogen-bond donors (Lipinski definition) is 1. The number of nitrogens with one attached hydrogen (secondary N) is 1. The Morgan fingerprint density at radius 2 is 1.58 bits per heavy atom. The summed E-state index contributed by atoms with van der Waals surface area (Å²) in [4.78, 5) is 31.3. The number of nitrogens with zero attached hydrogens (tertiary/aromatic N) is 3. The molecule has 2 aliphatic heterocycles. The maximum absolute atomic E-state index is 13.9. The lowest BCUT2D eigenvalue weighted by Crippen LogP contribution is -2.52. The molecular weight excluding hydrogens is 657 g/mol. The van der Waals surface area contributed by atoms with Gasteiger partial charge in [0.05, 0.1) is 25.8 Å². The third-order valence-electron chi connectivity index (χ3n) is 7.81. The molecule has 0 aliphatic carbocycles. The van der Waals surface area contributed by atoms with Gasteiger partial charge in [-0.05, 0) is 68.1 Å². The Bertz CT molecular complexity index is 1800. The third-order valence-corrected chi connectivity index (χ3v) is 11.4. The molecule has 0 saturated carbocycles. The third kappa shape index (κ3) is 7.00. The van der Waals surface area contributed by atoms with Gasteiger partial charge in [0.15, 0.2) is 0 Å². The molecule has 16 heteroatoms. The van der Waals surface area contributed by atoms with Gasteiger partial charge in [0.2, 0.25) is 25.8 Å². The lowest BCUT2D eigenvalue weighted by Gasteiger charge is -2.35. The van der Waals surface area contributed by atoms with E-state index in [0.717, 1.165) is 6.07 Å². The van der Waals surface area contributed by atoms with Crippen molar-refractivity contribution in [2.24, 2.45) is 0 Å². The van der Waals surface area contributed by atoms with Gasteiger partial charge in [0.25, 0.3) is 5.91 Å². The van der Waals surface area contributed by atoms with Crippen molar-refractivity contribution in [2.45, 2.75) is 58.6 Å². The van der Waals surface area contributed by atoms with Crippen LogP contribution in [0, 0.1) is 0 Å². The zero-order valence-electron chi connectivity index (χ0n) is 23.6. The van der Waals surface area contributed by atoms with Crippen molar-refractivity contribution < 1.29 is 39.6 Å². The first-order valence-electron chi connectivity index (χ1n) is 13.9. The fourth-order valence-electron chi connectivity index (χ4n) is 5.51. The Morgan fingerprint density at radius 1 is 0.889 bits per heavy atom. The van der Waals surface area contributed by atoms with Crippen molar-refractivity contribution in [3.63, 3.8) is 0 Å². The van der Waals surface area contributed by atoms with Crippen molar-refractivity contribution in [2.75, 3.05) is 19.6 Å². The number of rotatable bonds is 7. The van der Waals surface area contributed by atoms with Crippen LogP contribution in [0.1, 0.15) is 41.6 Å². The first kappa shape index (κ1) is 32.9. The Hall–Kier alpha value is -3.53. The predicted octanol–water partition coefficient (Wildman–Crippen LogP) is 4.16. The lowest BCUT2D eigenvalue weighted by molar-refractivity contribution is -0.140. The summed E-state index contributed by atoms with van der Waals surface area (Å²) in [6.07, 6.45) is -2.51. The molecule has 1 aromatic heterocycles. The molecular formula is C29H28ClF3N4O6S2. The Balaban J connectivity index is 1.30. The maximum atomic E-state index is 13.9. The van der Waals surface area contributed by atoms with Crippen LogP contribution in [-0.2, 0) is 30.8 Å². The smallest absolute Gasteiger partial charge is 0.341 e. The van der Waals surface area contributed by atoms with E-state index in [-0.39, 0.29) is 53.4 Å². The molecule has 3 aromatic rings. The number of carbonyl (C=O) groups excluding carboxylic acids is 2. The molecule has 3 heterocycles. The molecule has 0 bridgehead atoms. The van der Waals surface area contributed by atoms with Crippen molar-refractivity contribution in [3.8, 4) is 0 Å². The van der Waals surface area contributed by atoms with Crippen LogP contribution in [0.15, 0.2) is 81.5 Å². The number of amides is 2. The van der Waals surface area contributed by atoms with E-state index in [1.807, 2.05) is 0 Å². The molecule has 240 valence electrons. The molecule has 2 aromatic carbocycles. The highest BCUT2D eigenvalue weighted by Crippen LogP contribution is 2.36. The van der Waals surface area contributed by atoms with Crippen LogP contribution in [0.2, 0.25) is 5.15 Å². The molecule has 0 spiro atoms. The van der Waals surface area contributed by atoms with E-state index >= 15 is 0 Å². The first-order chi connectivity index (χ1) is 21.2. The second kappa shape index (κ2) is 12.7. The van der Waals surface area contributed by atoms with Crippen LogP contribution in [0.25, 0.3) is 0 Å². The van der Waals surface area contributed by atoms with Crippen LogP contribution >= 0.6 is 11.6 Å². The van der Waals surface area contributed by atoms with E-state index in [0.29, 0.717) is 31.5 Å². The molecule has 2 saturated heterocycles. The van der Waals surface area contributed by atoms with Crippen LogP contribution < -0.4 is 4.72 Å². The maximum Gasteiger partial charge on any atom is 0.417 e. The number of benzene rings is 2. The molecule has 1 atom stereocenters. The van der Waals surface area contributed by atoms with Crippen LogP contribution in [0.4, 0.5) is 13.2 Å². The molecule has 0 unspecified atom stereocenters. The number of likely N-dealkylation sites (tertiary alicyclic amines) is 2. The van der Waals surface area contributed by atoms with E-state index < -0.39 is 53.5 Å². The van der Waals surface area contributed by atoms with Gasteiger partial charge >= 0.3 is 6.18 Å². The Morgan fingerprint density at radius 3 is 2.20 bits per heavy atom. The second-order valence-electron chi connectivity index (χ2n) is 10.7. The van der Waals surface area contributed by atoms with Crippen LogP contribution in [-0.4, -0.2) is 75.2 Å². The van der Waals surface area contributed by atoms with Gasteiger partial charge in [0.1, 0.15) is 11.2 Å². The van der Waals surface area contributed by atoms with Gasteiger partial charge < -0.3 is 9.80 Å². The minimum absolute atomic E-state index is 0.0933. The number of pyridine rings is 1. The van der Waals surface area contributed by atoms with Crippen molar-refractivity contribution in [3.05, 3.63) is 83.1 Å². The summed E-state index contributed by atoms with van der Waals surface area (Å²) >= 11 is 5.81. The van der Waals surface area contributed by atoms with E-state index in [9.17, 15) is 39.6 Å². The van der Waals surface area contributed by atoms with E-state index in [2.05, 4.69) is 9.71 Å². The summed E-state index contributed by atoms with van der Waals surface area (Å²) in [7, 11) is -9.17. The average molecular weight is 685 g/mol. The Kier molecular flexibility index (Phi) is 9.27. The molecule has 5 rings (SSSR count). The molecule has 2 aliphatic rings. The normalized spacial score (nSPS) is 18.3. The number of sulfone groups is 1. The van der Waals surface area contributed by atoms with Gasteiger partial charge in [-0.1, -0.05) is 29.8 Å². The molecule has 0 radical (unpaired) electrons. The number of carbonyl (C=O) groups is 2. The molecule has 10 nitrogen and oxygen atoms in total. The van der Waals surface area contributed by atoms with Gasteiger partial charge in [-0.3, -0.25) is 9.59 Å². The summed E-state index contributed by atoms with van der Waals surface area (Å²) in [5.74, 6) is -0.670. The number of sulfonamides is 1. The molecule has 1 N–H and O–H groups in total. The van der Waals surface area contributed by atoms with E-state index in [1.54, 1.807) is 6.07 Å². The molecule has 2 fully saturated rings. The minimum atomic E-state index is -5.08. The van der Waals surface area contributed by atoms with Gasteiger partial charge in [-0.25, -0.2) is 26.5 Å². The molecule has 45 heavy (non-hydrogen) atoms. The van der Waals surface area contributed by atoms with Crippen molar-refractivity contribution in [1.29, 1.82) is 0 Å². The highest BCUT2D eigenvalue weighted by Gasteiger charge is 2.41. The fourth-order valence-corrected chi connectivity index (χ4v) is 8.56. The average Bonchev–Trinajstić information content (AvgIpc) is 3.51. The zero-order valence-corrected chi connectivity index (χ0v) is 26.0. The fraction of sp³-hybridized carbons (Fsp3) is 0.345. The quantitative estimate of drug-likeness (QED) is 0.370. The van der Waals surface area contributed by atoms with Crippen molar-refractivity contribution >= 4 is 43.3 Å². The second-order valence-corrected chi connectivity index (χ2v) is 14.7. The van der Waals surface area contributed by atoms with E-state index in [1.165, 1.54) is 52.4 Å². The summed E-state index contributed by atoms with van der Waals surface area (Å²) in [6.45, 7) is 0.567. The monoisotopic (exact) mass is 684 g/mol. The number of halogens is 4. The predicted molar refractivity (Wildman–Crippen MR) is 157 cm³/mol. The summed E-state index contributed by atoms with van der Waals surface area (Å²) in [5.41, 5.74) is -1.22. The summed E-state index contributed by atoms with van der Waals surface area (Å²) < 4.78 is 96.8. The SMILES string of the molecule is O=C([C@H]1CCCN1C(=O)c1ccc(Cl)nc1)N1CCC(NS(=O)(=O)c2cc(S(=O)(=O)c3ccccc3)ccc2C(F)(F)F)CC1. The number of piperidine rings is 1. The summed E-state index contributed by atoms with van der Waals surface area (Å²) in [6, 6.07) is 10.1. The number of hydrogen-bond acceptors (Lipinski definition) is 7. The van der Waals surface area contributed by atoms with Crippen LogP contribution in [0.3, 0.4) is 0 Å². The van der Waals surface area contributed by atoms with Crippen LogP contribution in [0.5, 0.6) is 0 Å². The number of alkyl halides is 3. The van der Waals surface area contributed by atoms with Crippen molar-refractivity contribution in [1.82, 2.24) is 19.5 Å². The standard InChI is InChI=1S/C29H28ClF3N4O6S2/c30-26-11-8-19(18-34-26)27(38)37-14-4-7-24(37)28(39)36-15-12-20(13-16-36)35-45(42,43)25-17-22(9-10-23(25)29(31,32)33)44(40,41)21-5-2-1-3-6-21/h1-3,5-6,8-11,17-18,20,24,35H,4,7,12-16H2/t24-/m1/s1. The highest BCUT2D eigenvalue weighted by molar-refractivity contribution is 7.91. The summed E-state index contributed by atoms with van der Waals surface area (Å²) in [5, 5.41) is 0.221. The highest BCUT2D eigenvalue weighted by atomic mass is 35.5. The number of aromatic nitrogens is 1. The van der Waals surface area contributed by atoms with Gasteiger partial charge in [-0.2, -0.15) is 13.2 Å². The van der Waals surface area contributed by atoms with Gasteiger partial charge in [0, 0.05) is 31.9 Å². The largest absolute Gasteiger partial charge is 0.417 e. The van der Waals surface area contributed by atoms with E-state index in [4.69, 9.17) is 11.6 Å².